The Kier molecular flexibility index (Phi) is 5.86. The molecule has 1 fully saturated rings. The van der Waals surface area contributed by atoms with Crippen molar-refractivity contribution in [1.82, 2.24) is 20.2 Å². The Bertz CT molecular complexity index is 353. The van der Waals surface area contributed by atoms with Crippen molar-refractivity contribution in [2.45, 2.75) is 57.5 Å². The average Bonchev–Trinajstić information content (AvgIpc) is 2.65. The van der Waals surface area contributed by atoms with Gasteiger partial charge < -0.3 is 15.2 Å². The molecule has 2 rings (SSSR count). The summed E-state index contributed by atoms with van der Waals surface area (Å²) in [6.45, 7) is 4.51. The molecule has 19 heavy (non-hydrogen) atoms. The maximum absolute atomic E-state index is 4.35. The summed E-state index contributed by atoms with van der Waals surface area (Å²) in [7, 11) is 2.06. The highest BCUT2D eigenvalue weighted by Gasteiger charge is 2.14. The fourth-order valence-corrected chi connectivity index (χ4v) is 2.88. The molecule has 0 amide bonds. The summed E-state index contributed by atoms with van der Waals surface area (Å²) >= 11 is 0. The predicted octanol–water partition coefficient (Wildman–Crippen LogP) is 1.86. The average molecular weight is 264 g/mol. The molecule has 4 heteroatoms. The zero-order chi connectivity index (χ0) is 13.5. The van der Waals surface area contributed by atoms with Crippen LogP contribution in [0.5, 0.6) is 0 Å². The van der Waals surface area contributed by atoms with E-state index in [1.807, 2.05) is 12.4 Å². The van der Waals surface area contributed by atoms with Gasteiger partial charge in [0.15, 0.2) is 0 Å². The van der Waals surface area contributed by atoms with Gasteiger partial charge in [0.1, 0.15) is 5.82 Å². The number of nitrogens with zero attached hydrogens (tertiary/aromatic N) is 2. The van der Waals surface area contributed by atoms with Crippen molar-refractivity contribution in [3.63, 3.8) is 0 Å². The third-order valence-electron chi connectivity index (χ3n) is 4.06. The lowest BCUT2D eigenvalue weighted by molar-refractivity contribution is 0.403. The molecular weight excluding hydrogens is 236 g/mol. The highest BCUT2D eigenvalue weighted by molar-refractivity contribution is 4.91. The van der Waals surface area contributed by atoms with Crippen LogP contribution in [0.4, 0.5) is 0 Å². The second-order valence-corrected chi connectivity index (χ2v) is 5.80. The van der Waals surface area contributed by atoms with Gasteiger partial charge in [-0.3, -0.25) is 0 Å². The molecular formula is C15H28N4. The number of hydrogen-bond donors (Lipinski definition) is 2. The van der Waals surface area contributed by atoms with Crippen LogP contribution in [0.15, 0.2) is 12.4 Å². The molecule has 4 nitrogen and oxygen atoms in total. The summed E-state index contributed by atoms with van der Waals surface area (Å²) < 4.78 is 2.10. The Morgan fingerprint density at radius 2 is 2.37 bits per heavy atom. The van der Waals surface area contributed by atoms with Gasteiger partial charge in [-0.2, -0.15) is 0 Å². The lowest BCUT2D eigenvalue weighted by Crippen LogP contribution is -2.37. The Hall–Kier alpha value is -0.870. The summed E-state index contributed by atoms with van der Waals surface area (Å²) in [5, 5.41) is 7.29. The molecule has 1 aliphatic heterocycles. The van der Waals surface area contributed by atoms with Crippen molar-refractivity contribution in [1.29, 1.82) is 0 Å². The minimum atomic E-state index is 0.580. The molecule has 0 aliphatic carbocycles. The number of imidazole rings is 1. The van der Waals surface area contributed by atoms with E-state index < -0.39 is 0 Å². The molecule has 1 aromatic heterocycles. The smallest absolute Gasteiger partial charge is 0.109 e. The third kappa shape index (κ3) is 4.96. The predicted molar refractivity (Wildman–Crippen MR) is 79.3 cm³/mol. The normalized spacial score (nSPS) is 22.1. The van der Waals surface area contributed by atoms with Gasteiger partial charge in [-0.05, 0) is 32.7 Å². The number of nitrogens with one attached hydrogen (secondary N) is 2. The van der Waals surface area contributed by atoms with Crippen LogP contribution < -0.4 is 10.6 Å². The Morgan fingerprint density at radius 3 is 3.16 bits per heavy atom. The maximum atomic E-state index is 4.35. The SMILES string of the molecule is CC(CC1CCCCCN1)NCCc1nccn1C. The first-order chi connectivity index (χ1) is 9.25. The molecule has 2 atom stereocenters. The van der Waals surface area contributed by atoms with E-state index >= 15 is 0 Å². The second-order valence-electron chi connectivity index (χ2n) is 5.80. The second kappa shape index (κ2) is 7.65. The molecule has 108 valence electrons. The summed E-state index contributed by atoms with van der Waals surface area (Å²) in [6.07, 6.45) is 11.6. The van der Waals surface area contributed by atoms with E-state index in [-0.39, 0.29) is 0 Å². The Balaban J connectivity index is 1.63. The van der Waals surface area contributed by atoms with Crippen LogP contribution in [-0.2, 0) is 13.5 Å². The summed E-state index contributed by atoms with van der Waals surface area (Å²) in [5.74, 6) is 1.16. The number of aryl methyl sites for hydroxylation is 1. The van der Waals surface area contributed by atoms with Crippen molar-refractivity contribution in [2.24, 2.45) is 7.05 Å². The Morgan fingerprint density at radius 1 is 1.47 bits per heavy atom. The zero-order valence-electron chi connectivity index (χ0n) is 12.4. The van der Waals surface area contributed by atoms with E-state index in [9.17, 15) is 0 Å². The fraction of sp³-hybridized carbons (Fsp3) is 0.800. The van der Waals surface area contributed by atoms with Crippen molar-refractivity contribution in [2.75, 3.05) is 13.1 Å². The lowest BCUT2D eigenvalue weighted by Gasteiger charge is -2.21. The highest BCUT2D eigenvalue weighted by atomic mass is 15.0. The highest BCUT2D eigenvalue weighted by Crippen LogP contribution is 2.12. The van der Waals surface area contributed by atoms with Gasteiger partial charge in [0.25, 0.3) is 0 Å². The molecule has 2 heterocycles. The minimum absolute atomic E-state index is 0.580. The summed E-state index contributed by atoms with van der Waals surface area (Å²) in [6, 6.07) is 1.29. The minimum Gasteiger partial charge on any atom is -0.338 e. The summed E-state index contributed by atoms with van der Waals surface area (Å²) in [4.78, 5) is 4.35. The van der Waals surface area contributed by atoms with Gasteiger partial charge in [-0.1, -0.05) is 12.8 Å². The van der Waals surface area contributed by atoms with Crippen LogP contribution in [0, 0.1) is 0 Å². The fourth-order valence-electron chi connectivity index (χ4n) is 2.88. The van der Waals surface area contributed by atoms with Gasteiger partial charge in [0.05, 0.1) is 0 Å². The largest absolute Gasteiger partial charge is 0.338 e. The molecule has 0 bridgehead atoms. The van der Waals surface area contributed by atoms with E-state index in [1.165, 1.54) is 38.6 Å². The molecule has 0 spiro atoms. The van der Waals surface area contributed by atoms with E-state index in [0.717, 1.165) is 18.8 Å². The third-order valence-corrected chi connectivity index (χ3v) is 4.06. The topological polar surface area (TPSA) is 41.9 Å². The summed E-state index contributed by atoms with van der Waals surface area (Å²) in [5.41, 5.74) is 0. The quantitative estimate of drug-likeness (QED) is 0.824. The molecule has 2 unspecified atom stereocenters. The van der Waals surface area contributed by atoms with Crippen molar-refractivity contribution >= 4 is 0 Å². The van der Waals surface area contributed by atoms with E-state index in [4.69, 9.17) is 0 Å². The van der Waals surface area contributed by atoms with Crippen molar-refractivity contribution in [3.8, 4) is 0 Å². The van der Waals surface area contributed by atoms with Gasteiger partial charge in [0.2, 0.25) is 0 Å². The maximum Gasteiger partial charge on any atom is 0.109 e. The number of rotatable bonds is 6. The zero-order valence-corrected chi connectivity index (χ0v) is 12.4. The number of aromatic nitrogens is 2. The van der Waals surface area contributed by atoms with Gasteiger partial charge >= 0.3 is 0 Å². The Labute approximate surface area is 117 Å². The molecule has 1 aromatic rings. The van der Waals surface area contributed by atoms with Crippen molar-refractivity contribution in [3.05, 3.63) is 18.2 Å². The molecule has 1 saturated heterocycles. The standard InChI is InChI=1S/C15H28N4/c1-13(12-14-6-4-3-5-8-17-14)16-9-7-15-18-10-11-19(15)2/h10-11,13-14,16-17H,3-9,12H2,1-2H3. The van der Waals surface area contributed by atoms with Gasteiger partial charge in [-0.25, -0.2) is 4.98 Å². The molecule has 0 aromatic carbocycles. The first kappa shape index (κ1) is 14.5. The van der Waals surface area contributed by atoms with E-state index in [0.29, 0.717) is 12.1 Å². The van der Waals surface area contributed by atoms with Crippen molar-refractivity contribution < 1.29 is 0 Å². The number of hydrogen-bond acceptors (Lipinski definition) is 3. The molecule has 1 aliphatic rings. The lowest BCUT2D eigenvalue weighted by atomic mass is 10.0. The first-order valence-corrected chi connectivity index (χ1v) is 7.68. The van der Waals surface area contributed by atoms with E-state index in [2.05, 4.69) is 34.2 Å². The van der Waals surface area contributed by atoms with Crippen LogP contribution in [0.2, 0.25) is 0 Å². The first-order valence-electron chi connectivity index (χ1n) is 7.68. The van der Waals surface area contributed by atoms with E-state index in [1.54, 1.807) is 0 Å². The van der Waals surface area contributed by atoms with Gasteiger partial charge in [-0.15, -0.1) is 0 Å². The molecule has 2 N–H and O–H groups in total. The monoisotopic (exact) mass is 264 g/mol. The van der Waals surface area contributed by atoms with Crippen LogP contribution in [-0.4, -0.2) is 34.7 Å². The van der Waals surface area contributed by atoms with Crippen LogP contribution in [0.25, 0.3) is 0 Å². The van der Waals surface area contributed by atoms with Crippen LogP contribution >= 0.6 is 0 Å². The van der Waals surface area contributed by atoms with Crippen LogP contribution in [0.3, 0.4) is 0 Å². The van der Waals surface area contributed by atoms with Gasteiger partial charge in [0, 0.05) is 44.5 Å². The molecule has 0 radical (unpaired) electrons. The van der Waals surface area contributed by atoms with Crippen LogP contribution in [0.1, 0.15) is 44.9 Å². The molecule has 0 saturated carbocycles.